The zero-order chi connectivity index (χ0) is 17.8. The first kappa shape index (κ1) is 17.6. The molecule has 0 N–H and O–H groups in total. The van der Waals surface area contributed by atoms with Crippen molar-refractivity contribution in [3.05, 3.63) is 68.2 Å². The molecule has 6 heteroatoms. The van der Waals surface area contributed by atoms with Crippen LogP contribution >= 0.6 is 15.9 Å². The number of hydrogen-bond donors (Lipinski definition) is 0. The van der Waals surface area contributed by atoms with Crippen LogP contribution in [0.2, 0.25) is 0 Å². The summed E-state index contributed by atoms with van der Waals surface area (Å²) in [5.74, 6) is 0.397. The van der Waals surface area contributed by atoms with Crippen molar-refractivity contribution in [2.45, 2.75) is 38.0 Å². The highest BCUT2D eigenvalue weighted by Gasteiger charge is 2.18. The highest BCUT2D eigenvalue weighted by Crippen LogP contribution is 2.33. The van der Waals surface area contributed by atoms with Gasteiger partial charge in [0.05, 0.1) is 10.5 Å². The second kappa shape index (κ2) is 7.78. The van der Waals surface area contributed by atoms with E-state index in [1.807, 2.05) is 12.1 Å². The van der Waals surface area contributed by atoms with Crippen molar-refractivity contribution in [3.8, 4) is 5.75 Å². The van der Waals surface area contributed by atoms with Gasteiger partial charge in [0.1, 0.15) is 5.75 Å². The molecule has 130 valence electrons. The molecule has 0 saturated heterocycles. The Kier molecular flexibility index (Phi) is 5.48. The van der Waals surface area contributed by atoms with Gasteiger partial charge in [0, 0.05) is 16.6 Å². The highest BCUT2D eigenvalue weighted by molar-refractivity contribution is 9.10. The summed E-state index contributed by atoms with van der Waals surface area (Å²) in [4.78, 5) is 22.7. The number of esters is 1. The van der Waals surface area contributed by atoms with Gasteiger partial charge in [0.25, 0.3) is 5.69 Å². The van der Waals surface area contributed by atoms with Crippen molar-refractivity contribution < 1.29 is 14.5 Å². The molecule has 0 bridgehead atoms. The molecule has 0 spiro atoms. The zero-order valence-electron chi connectivity index (χ0n) is 13.6. The van der Waals surface area contributed by atoms with Gasteiger partial charge in [-0.1, -0.05) is 31.4 Å². The maximum Gasteiger partial charge on any atom is 0.344 e. The Hall–Kier alpha value is -2.21. The molecule has 5 nitrogen and oxygen atoms in total. The third-order valence-corrected chi connectivity index (χ3v) is 5.24. The molecule has 0 unspecified atom stereocenters. The summed E-state index contributed by atoms with van der Waals surface area (Å²) in [6.45, 7) is 0. The zero-order valence-corrected chi connectivity index (χ0v) is 15.2. The lowest BCUT2D eigenvalue weighted by atomic mass is 9.84. The van der Waals surface area contributed by atoms with E-state index < -0.39 is 10.9 Å². The van der Waals surface area contributed by atoms with Crippen LogP contribution in [0.4, 0.5) is 5.69 Å². The van der Waals surface area contributed by atoms with Crippen LogP contribution in [0.25, 0.3) is 0 Å². The molecule has 1 aliphatic carbocycles. The maximum atomic E-state index is 12.3. The summed E-state index contributed by atoms with van der Waals surface area (Å²) < 4.78 is 5.83. The third kappa shape index (κ3) is 4.25. The van der Waals surface area contributed by atoms with E-state index in [-0.39, 0.29) is 11.3 Å². The second-order valence-corrected chi connectivity index (χ2v) is 7.07. The van der Waals surface area contributed by atoms with Gasteiger partial charge in [-0.3, -0.25) is 10.1 Å². The summed E-state index contributed by atoms with van der Waals surface area (Å²) in [5, 5.41) is 10.9. The van der Waals surface area contributed by atoms with Gasteiger partial charge >= 0.3 is 5.97 Å². The number of non-ortho nitro benzene ring substituents is 1. The number of nitro groups is 1. The molecule has 0 aliphatic heterocycles. The van der Waals surface area contributed by atoms with E-state index >= 15 is 0 Å². The van der Waals surface area contributed by atoms with E-state index in [1.165, 1.54) is 55.9 Å². The summed E-state index contributed by atoms with van der Waals surface area (Å²) in [6.07, 6.45) is 6.26. The van der Waals surface area contributed by atoms with Crippen LogP contribution in [0, 0.1) is 10.1 Å². The SMILES string of the molecule is O=C(Oc1ccc(C2CCCCC2)cc1)c1cc([N+](=O)[O-])ccc1Br. The maximum absolute atomic E-state index is 12.3. The van der Waals surface area contributed by atoms with Crippen LogP contribution < -0.4 is 4.74 Å². The molecule has 2 aromatic rings. The van der Waals surface area contributed by atoms with Crippen LogP contribution in [-0.2, 0) is 0 Å². The van der Waals surface area contributed by atoms with E-state index in [0.29, 0.717) is 16.1 Å². The molecule has 0 heterocycles. The number of nitro benzene ring substituents is 1. The quantitative estimate of drug-likeness (QED) is 0.287. The molecule has 1 aliphatic rings. The Morgan fingerprint density at radius 3 is 2.40 bits per heavy atom. The minimum absolute atomic E-state index is 0.130. The summed E-state index contributed by atoms with van der Waals surface area (Å²) in [6, 6.07) is 11.6. The first-order chi connectivity index (χ1) is 12.0. The van der Waals surface area contributed by atoms with Crippen LogP contribution in [0.15, 0.2) is 46.9 Å². The molecule has 1 fully saturated rings. The van der Waals surface area contributed by atoms with Gasteiger partial charge in [-0.2, -0.15) is 0 Å². The third-order valence-electron chi connectivity index (χ3n) is 4.55. The smallest absolute Gasteiger partial charge is 0.344 e. The minimum atomic E-state index is -0.624. The number of halogens is 1. The van der Waals surface area contributed by atoms with Crippen molar-refractivity contribution in [1.82, 2.24) is 0 Å². The van der Waals surface area contributed by atoms with Gasteiger partial charge in [-0.15, -0.1) is 0 Å². The van der Waals surface area contributed by atoms with Crippen LogP contribution in [0.1, 0.15) is 53.9 Å². The Morgan fingerprint density at radius 2 is 1.76 bits per heavy atom. The summed E-state index contributed by atoms with van der Waals surface area (Å²) in [7, 11) is 0. The molecule has 0 radical (unpaired) electrons. The molecule has 25 heavy (non-hydrogen) atoms. The Morgan fingerprint density at radius 1 is 1.08 bits per heavy atom. The lowest BCUT2D eigenvalue weighted by molar-refractivity contribution is -0.384. The molecular formula is C19H18BrNO4. The average Bonchev–Trinajstić information content (AvgIpc) is 2.63. The van der Waals surface area contributed by atoms with E-state index in [4.69, 9.17) is 4.74 Å². The first-order valence-electron chi connectivity index (χ1n) is 8.30. The number of benzene rings is 2. The highest BCUT2D eigenvalue weighted by atomic mass is 79.9. The average molecular weight is 404 g/mol. The number of hydrogen-bond acceptors (Lipinski definition) is 4. The number of ether oxygens (including phenoxy) is 1. The second-order valence-electron chi connectivity index (χ2n) is 6.21. The minimum Gasteiger partial charge on any atom is -0.423 e. The fourth-order valence-corrected chi connectivity index (χ4v) is 3.60. The number of rotatable bonds is 4. The fourth-order valence-electron chi connectivity index (χ4n) is 3.19. The van der Waals surface area contributed by atoms with Crippen molar-refractivity contribution in [3.63, 3.8) is 0 Å². The largest absolute Gasteiger partial charge is 0.423 e. The predicted molar refractivity (Wildman–Crippen MR) is 98.0 cm³/mol. The lowest BCUT2D eigenvalue weighted by Crippen LogP contribution is -2.10. The number of carbonyl (C=O) groups is 1. The van der Waals surface area contributed by atoms with Crippen molar-refractivity contribution in [1.29, 1.82) is 0 Å². The number of nitrogens with zero attached hydrogens (tertiary/aromatic N) is 1. The van der Waals surface area contributed by atoms with Crippen molar-refractivity contribution in [2.24, 2.45) is 0 Å². The molecular weight excluding hydrogens is 386 g/mol. The van der Waals surface area contributed by atoms with Gasteiger partial charge in [-0.25, -0.2) is 4.79 Å². The van der Waals surface area contributed by atoms with Crippen LogP contribution in [0.5, 0.6) is 5.75 Å². The summed E-state index contributed by atoms with van der Waals surface area (Å²) >= 11 is 3.23. The fraction of sp³-hybridized carbons (Fsp3) is 0.316. The Bertz CT molecular complexity index is 783. The van der Waals surface area contributed by atoms with E-state index in [9.17, 15) is 14.9 Å². The number of carbonyl (C=O) groups excluding carboxylic acids is 1. The topological polar surface area (TPSA) is 69.4 Å². The summed E-state index contributed by atoms with van der Waals surface area (Å²) in [5.41, 5.74) is 1.25. The molecule has 0 atom stereocenters. The molecule has 3 rings (SSSR count). The molecule has 0 aromatic heterocycles. The standard InChI is InChI=1S/C19H18BrNO4/c20-18-11-8-15(21(23)24)12-17(18)19(22)25-16-9-6-14(7-10-16)13-4-2-1-3-5-13/h6-13H,1-5H2. The van der Waals surface area contributed by atoms with E-state index in [2.05, 4.69) is 15.9 Å². The monoisotopic (exact) mass is 403 g/mol. The van der Waals surface area contributed by atoms with E-state index in [1.54, 1.807) is 12.1 Å². The van der Waals surface area contributed by atoms with Gasteiger partial charge in [0.2, 0.25) is 0 Å². The van der Waals surface area contributed by atoms with Crippen LogP contribution in [0.3, 0.4) is 0 Å². The Labute approximate surface area is 154 Å². The normalized spacial score (nSPS) is 14.9. The van der Waals surface area contributed by atoms with Crippen LogP contribution in [-0.4, -0.2) is 10.9 Å². The van der Waals surface area contributed by atoms with Gasteiger partial charge in [-0.05, 0) is 58.5 Å². The molecule has 1 saturated carbocycles. The van der Waals surface area contributed by atoms with Gasteiger partial charge in [0.15, 0.2) is 0 Å². The molecule has 2 aromatic carbocycles. The Balaban J connectivity index is 1.72. The van der Waals surface area contributed by atoms with Crippen molar-refractivity contribution >= 4 is 27.6 Å². The molecule has 0 amide bonds. The van der Waals surface area contributed by atoms with E-state index in [0.717, 1.165) is 0 Å². The van der Waals surface area contributed by atoms with Gasteiger partial charge < -0.3 is 4.74 Å². The van der Waals surface area contributed by atoms with Crippen molar-refractivity contribution in [2.75, 3.05) is 0 Å². The predicted octanol–water partition coefficient (Wildman–Crippen LogP) is 5.62. The first-order valence-corrected chi connectivity index (χ1v) is 9.10. The lowest BCUT2D eigenvalue weighted by Gasteiger charge is -2.22.